The first-order chi connectivity index (χ1) is 7.75. The fourth-order valence-corrected chi connectivity index (χ4v) is 3.25. The van der Waals surface area contributed by atoms with Crippen LogP contribution in [0.2, 0.25) is 0 Å². The van der Waals surface area contributed by atoms with Crippen molar-refractivity contribution in [3.8, 4) is 0 Å². The van der Waals surface area contributed by atoms with E-state index in [0.29, 0.717) is 5.92 Å². The van der Waals surface area contributed by atoms with E-state index in [4.69, 9.17) is 5.73 Å². The molecule has 2 heteroatoms. The maximum atomic E-state index is 6.11. The molecule has 0 spiro atoms. The van der Waals surface area contributed by atoms with Gasteiger partial charge in [0.2, 0.25) is 0 Å². The molecule has 2 unspecified atom stereocenters. The topological polar surface area (TPSA) is 38.4 Å². The van der Waals surface area contributed by atoms with Crippen LogP contribution in [-0.4, -0.2) is 12.4 Å². The van der Waals surface area contributed by atoms with Gasteiger partial charge in [-0.15, -0.1) is 0 Å². The third-order valence-corrected chi connectivity index (χ3v) is 4.36. The predicted molar refractivity (Wildman–Crippen MR) is 69.6 cm³/mol. The van der Waals surface area contributed by atoms with Crippen LogP contribution in [0.3, 0.4) is 0 Å². The van der Waals surface area contributed by atoms with Crippen LogP contribution in [0.5, 0.6) is 0 Å². The molecular formula is C14H26N2. The Hall–Kier alpha value is -0.530. The number of nitrogens with zero attached hydrogens (tertiary/aromatic N) is 1. The van der Waals surface area contributed by atoms with Gasteiger partial charge >= 0.3 is 0 Å². The van der Waals surface area contributed by atoms with Gasteiger partial charge in [-0.05, 0) is 37.5 Å². The molecule has 2 nitrogen and oxygen atoms in total. The normalized spacial score (nSPS) is 33.2. The summed E-state index contributed by atoms with van der Waals surface area (Å²) < 4.78 is 0. The van der Waals surface area contributed by atoms with Crippen LogP contribution in [-0.2, 0) is 0 Å². The van der Waals surface area contributed by atoms with Gasteiger partial charge in [0.05, 0.1) is 5.84 Å². The van der Waals surface area contributed by atoms with Crippen LogP contribution >= 0.6 is 0 Å². The first-order valence-corrected chi connectivity index (χ1v) is 7.05. The molecule has 2 N–H and O–H groups in total. The molecule has 2 atom stereocenters. The Bertz CT molecular complexity index is 241. The molecule has 0 amide bonds. The van der Waals surface area contributed by atoms with Gasteiger partial charge in [-0.25, -0.2) is 0 Å². The van der Waals surface area contributed by atoms with E-state index in [0.717, 1.165) is 24.2 Å². The van der Waals surface area contributed by atoms with Crippen molar-refractivity contribution < 1.29 is 0 Å². The average Bonchev–Trinajstić information content (AvgIpc) is 2.73. The Kier molecular flexibility index (Phi) is 4.25. The minimum atomic E-state index is 0.604. The highest BCUT2D eigenvalue weighted by Gasteiger charge is 2.22. The van der Waals surface area contributed by atoms with Crippen LogP contribution in [0.1, 0.15) is 58.3 Å². The highest BCUT2D eigenvalue weighted by atomic mass is 14.9. The van der Waals surface area contributed by atoms with E-state index in [1.807, 2.05) is 0 Å². The number of aliphatic imine (C=N–C) groups is 1. The zero-order chi connectivity index (χ0) is 11.4. The molecular weight excluding hydrogens is 196 g/mol. The molecule has 0 saturated heterocycles. The van der Waals surface area contributed by atoms with Crippen molar-refractivity contribution in [3.05, 3.63) is 0 Å². The van der Waals surface area contributed by atoms with E-state index in [2.05, 4.69) is 11.9 Å². The monoisotopic (exact) mass is 222 g/mol. The summed E-state index contributed by atoms with van der Waals surface area (Å²) in [5, 5.41) is 0. The van der Waals surface area contributed by atoms with E-state index in [1.165, 1.54) is 51.4 Å². The van der Waals surface area contributed by atoms with Gasteiger partial charge in [-0.3, -0.25) is 4.99 Å². The first kappa shape index (κ1) is 11.9. The lowest BCUT2D eigenvalue weighted by Gasteiger charge is -2.21. The lowest BCUT2D eigenvalue weighted by molar-refractivity contribution is 0.434. The van der Waals surface area contributed by atoms with Gasteiger partial charge < -0.3 is 5.73 Å². The van der Waals surface area contributed by atoms with Crippen molar-refractivity contribution in [2.45, 2.75) is 58.3 Å². The summed E-state index contributed by atoms with van der Waals surface area (Å²) >= 11 is 0. The molecule has 2 fully saturated rings. The standard InChI is InChI=1S/C14H26N2/c1-11-7-8-12(9-11)10-16-14(15)13-5-3-2-4-6-13/h11-13H,2-10H2,1H3,(H2,15,16). The smallest absolute Gasteiger partial charge is 0.0968 e. The summed E-state index contributed by atoms with van der Waals surface area (Å²) in [6.45, 7) is 3.35. The number of amidine groups is 1. The second-order valence-electron chi connectivity index (χ2n) is 5.88. The molecule has 92 valence electrons. The van der Waals surface area contributed by atoms with Crippen LogP contribution in [0.15, 0.2) is 4.99 Å². The minimum absolute atomic E-state index is 0.604. The van der Waals surface area contributed by atoms with Gasteiger partial charge in [0.1, 0.15) is 0 Å². The third kappa shape index (κ3) is 3.23. The molecule has 0 heterocycles. The second kappa shape index (κ2) is 5.70. The molecule has 2 aliphatic rings. The number of hydrogen-bond donors (Lipinski definition) is 1. The number of rotatable bonds is 3. The van der Waals surface area contributed by atoms with E-state index < -0.39 is 0 Å². The zero-order valence-corrected chi connectivity index (χ0v) is 10.6. The van der Waals surface area contributed by atoms with E-state index in [-0.39, 0.29) is 0 Å². The van der Waals surface area contributed by atoms with Gasteiger partial charge in [-0.1, -0.05) is 32.6 Å². The van der Waals surface area contributed by atoms with E-state index >= 15 is 0 Å². The van der Waals surface area contributed by atoms with Crippen LogP contribution in [0.25, 0.3) is 0 Å². The summed E-state index contributed by atoms with van der Waals surface area (Å²) in [7, 11) is 0. The van der Waals surface area contributed by atoms with Gasteiger partial charge in [0, 0.05) is 12.5 Å². The fraction of sp³-hybridized carbons (Fsp3) is 0.929. The Morgan fingerprint density at radius 2 is 1.88 bits per heavy atom. The quantitative estimate of drug-likeness (QED) is 0.577. The molecule has 0 aliphatic heterocycles. The Labute approximate surface area is 99.7 Å². The van der Waals surface area contributed by atoms with Gasteiger partial charge in [0.25, 0.3) is 0 Å². The van der Waals surface area contributed by atoms with Crippen LogP contribution in [0, 0.1) is 17.8 Å². The average molecular weight is 222 g/mol. The van der Waals surface area contributed by atoms with Crippen molar-refractivity contribution in [2.24, 2.45) is 28.5 Å². The lowest BCUT2D eigenvalue weighted by Crippen LogP contribution is -2.26. The molecule has 0 radical (unpaired) electrons. The third-order valence-electron chi connectivity index (χ3n) is 4.36. The van der Waals surface area contributed by atoms with Gasteiger partial charge in [-0.2, -0.15) is 0 Å². The van der Waals surface area contributed by atoms with Crippen LogP contribution in [0.4, 0.5) is 0 Å². The molecule has 0 aromatic carbocycles. The molecule has 0 aromatic rings. The highest BCUT2D eigenvalue weighted by molar-refractivity contribution is 5.82. The Morgan fingerprint density at radius 1 is 1.12 bits per heavy atom. The van der Waals surface area contributed by atoms with Crippen molar-refractivity contribution >= 4 is 5.84 Å². The van der Waals surface area contributed by atoms with Gasteiger partial charge in [0.15, 0.2) is 0 Å². The first-order valence-electron chi connectivity index (χ1n) is 7.05. The van der Waals surface area contributed by atoms with Crippen molar-refractivity contribution in [3.63, 3.8) is 0 Å². The number of hydrogen-bond acceptors (Lipinski definition) is 1. The summed E-state index contributed by atoms with van der Waals surface area (Å²) in [4.78, 5) is 4.66. The molecule has 16 heavy (non-hydrogen) atoms. The molecule has 0 bridgehead atoms. The maximum Gasteiger partial charge on any atom is 0.0968 e. The molecule has 2 aliphatic carbocycles. The second-order valence-corrected chi connectivity index (χ2v) is 5.88. The Balaban J connectivity index is 1.77. The fourth-order valence-electron chi connectivity index (χ4n) is 3.25. The molecule has 0 aromatic heterocycles. The Morgan fingerprint density at radius 3 is 2.50 bits per heavy atom. The van der Waals surface area contributed by atoms with Crippen molar-refractivity contribution in [1.82, 2.24) is 0 Å². The van der Waals surface area contributed by atoms with Crippen molar-refractivity contribution in [2.75, 3.05) is 6.54 Å². The number of nitrogens with two attached hydrogens (primary N) is 1. The largest absolute Gasteiger partial charge is 0.387 e. The molecule has 2 saturated carbocycles. The zero-order valence-electron chi connectivity index (χ0n) is 10.6. The van der Waals surface area contributed by atoms with E-state index in [1.54, 1.807) is 0 Å². The summed E-state index contributed by atoms with van der Waals surface area (Å²) in [6.07, 6.45) is 10.8. The maximum absolute atomic E-state index is 6.11. The highest BCUT2D eigenvalue weighted by Crippen LogP contribution is 2.30. The minimum Gasteiger partial charge on any atom is -0.387 e. The lowest BCUT2D eigenvalue weighted by atomic mass is 9.88. The summed E-state index contributed by atoms with van der Waals surface area (Å²) in [5.41, 5.74) is 6.11. The van der Waals surface area contributed by atoms with Crippen LogP contribution < -0.4 is 5.73 Å². The SMILES string of the molecule is CC1CCC(CN=C(N)C2CCCCC2)C1. The summed E-state index contributed by atoms with van der Waals surface area (Å²) in [5.74, 6) is 3.29. The summed E-state index contributed by atoms with van der Waals surface area (Å²) in [6, 6.07) is 0. The van der Waals surface area contributed by atoms with E-state index in [9.17, 15) is 0 Å². The predicted octanol–water partition coefficient (Wildman–Crippen LogP) is 3.36. The van der Waals surface area contributed by atoms with Crippen molar-refractivity contribution in [1.29, 1.82) is 0 Å². The molecule has 2 rings (SSSR count).